The van der Waals surface area contributed by atoms with E-state index in [1.54, 1.807) is 54.6 Å². The lowest BCUT2D eigenvalue weighted by molar-refractivity contribution is -0.121. The summed E-state index contributed by atoms with van der Waals surface area (Å²) in [4.78, 5) is 53.9. The summed E-state index contributed by atoms with van der Waals surface area (Å²) in [6.07, 6.45) is 1.45. The molecule has 1 aliphatic rings. The van der Waals surface area contributed by atoms with Gasteiger partial charge >= 0.3 is 0 Å². The number of nitrogens with zero attached hydrogens (tertiary/aromatic N) is 1. The van der Waals surface area contributed by atoms with Crippen molar-refractivity contribution in [2.45, 2.75) is 16.6 Å². The topological polar surface area (TPSA) is 95.6 Å². The maximum atomic E-state index is 14.3. The van der Waals surface area contributed by atoms with Gasteiger partial charge in [-0.2, -0.15) is 0 Å². The number of hydrogen-bond acceptors (Lipinski definition) is 5. The van der Waals surface area contributed by atoms with Crippen molar-refractivity contribution >= 4 is 92.0 Å². The highest BCUT2D eigenvalue weighted by Gasteiger charge is 2.40. The van der Waals surface area contributed by atoms with Gasteiger partial charge in [-0.05, 0) is 72.3 Å². The van der Waals surface area contributed by atoms with E-state index >= 15 is 0 Å². The molecule has 4 aromatic rings. The Morgan fingerprint density at radius 3 is 2.41 bits per heavy atom. The van der Waals surface area contributed by atoms with E-state index in [9.17, 15) is 23.6 Å². The lowest BCUT2D eigenvalue weighted by atomic mass is 10.1. The van der Waals surface area contributed by atoms with Gasteiger partial charge in [-0.3, -0.25) is 19.2 Å². The van der Waals surface area contributed by atoms with Crippen LogP contribution in [0.5, 0.6) is 0 Å². The van der Waals surface area contributed by atoms with Crippen LogP contribution in [0.3, 0.4) is 0 Å². The zero-order chi connectivity index (χ0) is 31.4. The number of rotatable bonds is 8. The fraction of sp³-hybridized carbons (Fsp3) is 0.0625. The van der Waals surface area contributed by atoms with E-state index in [0.29, 0.717) is 26.9 Å². The maximum Gasteiger partial charge on any atom is 0.272 e. The third kappa shape index (κ3) is 7.39. The van der Waals surface area contributed by atoms with Crippen LogP contribution in [0.4, 0.5) is 15.8 Å². The first kappa shape index (κ1) is 31.5. The molecule has 5 rings (SSSR count). The molecule has 2 N–H and O–H groups in total. The summed E-state index contributed by atoms with van der Waals surface area (Å²) < 4.78 is 15.1. The Balaban J connectivity index is 1.33. The van der Waals surface area contributed by atoms with Gasteiger partial charge in [-0.1, -0.05) is 69.5 Å². The molecular formula is C32H21BrCl2FN3O4S. The van der Waals surface area contributed by atoms with E-state index in [4.69, 9.17) is 23.2 Å². The van der Waals surface area contributed by atoms with Gasteiger partial charge in [-0.15, -0.1) is 11.8 Å². The predicted molar refractivity (Wildman–Crippen MR) is 174 cm³/mol. The van der Waals surface area contributed by atoms with Crippen molar-refractivity contribution in [1.82, 2.24) is 5.32 Å². The average molecular weight is 713 g/mol. The van der Waals surface area contributed by atoms with Gasteiger partial charge in [0.25, 0.3) is 11.8 Å². The predicted octanol–water partition coefficient (Wildman–Crippen LogP) is 7.73. The van der Waals surface area contributed by atoms with E-state index in [1.807, 2.05) is 0 Å². The Morgan fingerprint density at radius 1 is 0.932 bits per heavy atom. The van der Waals surface area contributed by atoms with Gasteiger partial charge in [0.1, 0.15) is 11.5 Å². The fourth-order valence-electron chi connectivity index (χ4n) is 4.32. The highest BCUT2D eigenvalue weighted by atomic mass is 79.9. The molecule has 12 heteroatoms. The Morgan fingerprint density at radius 2 is 1.68 bits per heavy atom. The van der Waals surface area contributed by atoms with Gasteiger partial charge in [-0.25, -0.2) is 9.29 Å². The quantitative estimate of drug-likeness (QED) is 0.144. The van der Waals surface area contributed by atoms with E-state index in [-0.39, 0.29) is 28.6 Å². The largest absolute Gasteiger partial charge is 0.321 e. The number of hydrogen-bond donors (Lipinski definition) is 2. The number of thioether (sulfide) groups is 1. The third-order valence-corrected chi connectivity index (χ3v) is 8.88. The number of nitrogens with one attached hydrogen (secondary N) is 2. The SMILES string of the molecule is O=C(Nc1cccc(S[C@H]2CC(=O)N(c3ccc(Cl)c(Cl)c3)C2=O)c1)/C(=C\c1ccc(Br)cc1)NC(=O)c1ccccc1F. The van der Waals surface area contributed by atoms with Crippen molar-refractivity contribution in [2.75, 3.05) is 10.2 Å². The molecule has 0 aliphatic carbocycles. The van der Waals surface area contributed by atoms with Crippen LogP contribution in [0.25, 0.3) is 6.08 Å². The van der Waals surface area contributed by atoms with E-state index < -0.39 is 28.8 Å². The zero-order valence-corrected chi connectivity index (χ0v) is 26.4. The van der Waals surface area contributed by atoms with Crippen LogP contribution in [0.2, 0.25) is 10.0 Å². The van der Waals surface area contributed by atoms with Crippen LogP contribution >= 0.6 is 50.9 Å². The van der Waals surface area contributed by atoms with Crippen molar-refractivity contribution in [3.63, 3.8) is 0 Å². The standard InChI is InChI=1S/C32H21BrCl2FN3O4S/c33-19-10-8-18(9-11-19)14-27(38-30(41)23-6-1-2-7-26(23)36)31(42)37-20-4-3-5-22(15-20)44-28-17-29(40)39(32(28)43)21-12-13-24(34)25(35)16-21/h1-16,28H,17H2,(H,37,42)(H,38,41)/b27-14+/t28-/m0/s1. The van der Waals surface area contributed by atoms with Crippen LogP contribution < -0.4 is 15.5 Å². The fourth-order valence-corrected chi connectivity index (χ4v) is 5.99. The molecule has 1 heterocycles. The summed E-state index contributed by atoms with van der Waals surface area (Å²) >= 11 is 16.6. The molecular weight excluding hydrogens is 692 g/mol. The highest BCUT2D eigenvalue weighted by molar-refractivity contribution is 9.10. The smallest absolute Gasteiger partial charge is 0.272 e. The van der Waals surface area contributed by atoms with E-state index in [2.05, 4.69) is 26.6 Å². The van der Waals surface area contributed by atoms with Gasteiger partial charge in [0.05, 0.1) is 26.5 Å². The Labute approximate surface area is 274 Å². The van der Waals surface area contributed by atoms with E-state index in [0.717, 1.165) is 15.4 Å². The number of imide groups is 1. The molecule has 0 radical (unpaired) electrons. The molecule has 4 aromatic carbocycles. The van der Waals surface area contributed by atoms with Gasteiger partial charge < -0.3 is 10.6 Å². The number of amides is 4. The summed E-state index contributed by atoms with van der Waals surface area (Å²) in [6.45, 7) is 0. The Kier molecular flexibility index (Phi) is 9.85. The van der Waals surface area contributed by atoms with Crippen LogP contribution in [0.15, 0.2) is 106 Å². The Bertz CT molecular complexity index is 1820. The average Bonchev–Trinajstić information content (AvgIpc) is 3.27. The van der Waals surface area contributed by atoms with Crippen molar-refractivity contribution < 1.29 is 23.6 Å². The molecule has 4 amide bonds. The molecule has 0 bridgehead atoms. The van der Waals surface area contributed by atoms with Gasteiger partial charge in [0, 0.05) is 21.5 Å². The summed E-state index contributed by atoms with van der Waals surface area (Å²) in [5, 5.41) is 5.10. The Hall–Kier alpha value is -3.96. The zero-order valence-electron chi connectivity index (χ0n) is 22.5. The van der Waals surface area contributed by atoms with Gasteiger partial charge in [0.15, 0.2) is 0 Å². The lowest BCUT2D eigenvalue weighted by Gasteiger charge is -2.16. The lowest BCUT2D eigenvalue weighted by Crippen LogP contribution is -2.31. The molecule has 7 nitrogen and oxygen atoms in total. The molecule has 1 atom stereocenters. The maximum absolute atomic E-state index is 14.3. The first-order valence-corrected chi connectivity index (χ1v) is 15.4. The molecule has 1 aliphatic heterocycles. The molecule has 0 saturated carbocycles. The second-order valence-electron chi connectivity index (χ2n) is 9.50. The van der Waals surface area contributed by atoms with Crippen LogP contribution in [0.1, 0.15) is 22.3 Å². The molecule has 1 saturated heterocycles. The van der Waals surface area contributed by atoms with Crippen LogP contribution in [-0.2, 0) is 14.4 Å². The monoisotopic (exact) mass is 711 g/mol. The number of anilines is 2. The van der Waals surface area contributed by atoms with Crippen LogP contribution in [0, 0.1) is 5.82 Å². The second-order valence-corrected chi connectivity index (χ2v) is 12.5. The van der Waals surface area contributed by atoms with Crippen LogP contribution in [-0.4, -0.2) is 28.9 Å². The minimum atomic E-state index is -0.790. The molecule has 1 fully saturated rings. The molecule has 0 unspecified atom stereocenters. The molecule has 222 valence electrons. The minimum absolute atomic E-state index is 0.0253. The summed E-state index contributed by atoms with van der Waals surface area (Å²) in [6, 6.07) is 23.8. The van der Waals surface area contributed by atoms with Crippen molar-refractivity contribution in [2.24, 2.45) is 0 Å². The second kappa shape index (κ2) is 13.8. The number of carbonyl (C=O) groups is 4. The van der Waals surface area contributed by atoms with Crippen molar-refractivity contribution in [3.8, 4) is 0 Å². The first-order chi connectivity index (χ1) is 21.1. The number of carbonyl (C=O) groups excluding carboxylic acids is 4. The normalized spacial score (nSPS) is 15.0. The number of halogens is 4. The third-order valence-electron chi connectivity index (χ3n) is 6.43. The number of benzene rings is 4. The summed E-state index contributed by atoms with van der Waals surface area (Å²) in [5.41, 5.74) is 0.993. The highest BCUT2D eigenvalue weighted by Crippen LogP contribution is 2.36. The minimum Gasteiger partial charge on any atom is -0.321 e. The first-order valence-electron chi connectivity index (χ1n) is 13.0. The van der Waals surface area contributed by atoms with Crippen molar-refractivity contribution in [1.29, 1.82) is 0 Å². The van der Waals surface area contributed by atoms with Crippen molar-refractivity contribution in [3.05, 3.63) is 128 Å². The summed E-state index contributed by atoms with van der Waals surface area (Å²) in [7, 11) is 0. The molecule has 0 spiro atoms. The van der Waals surface area contributed by atoms with E-state index in [1.165, 1.54) is 48.2 Å². The summed E-state index contributed by atoms with van der Waals surface area (Å²) in [5.74, 6) is -2.94. The van der Waals surface area contributed by atoms with Gasteiger partial charge in [0.2, 0.25) is 11.8 Å². The molecule has 44 heavy (non-hydrogen) atoms. The molecule has 0 aromatic heterocycles.